The molecule has 3 heterocycles. The number of fused-ring (bicyclic) bond motifs is 1. The van der Waals surface area contributed by atoms with Crippen LogP contribution in [0, 0.1) is 0 Å². The quantitative estimate of drug-likeness (QED) is 0.0489. The van der Waals surface area contributed by atoms with Gasteiger partial charge in [-0.25, -0.2) is 19.4 Å². The van der Waals surface area contributed by atoms with Gasteiger partial charge >= 0.3 is 6.09 Å². The Hall–Kier alpha value is -5.21. The number of ether oxygens (including phenoxy) is 5. The van der Waals surface area contributed by atoms with E-state index in [1.165, 1.54) is 12.4 Å². The highest BCUT2D eigenvalue weighted by atomic mass is 31.2. The number of methoxy groups -OCH3 is 2. The molecule has 59 heavy (non-hydrogen) atoms. The smallest absolute Gasteiger partial charge is 0.436 e. The fraction of sp³-hybridized carbons (Fsp3) is 0.364. The summed E-state index contributed by atoms with van der Waals surface area (Å²) in [7, 11) is 1.71. The molecule has 4 atom stereocenters. The van der Waals surface area contributed by atoms with Gasteiger partial charge in [-0.15, -0.1) is 6.58 Å². The number of imidazole rings is 1. The van der Waals surface area contributed by atoms with Gasteiger partial charge in [0.25, 0.3) is 8.53 Å². The lowest BCUT2D eigenvalue weighted by Gasteiger charge is -2.39. The predicted octanol–water partition coefficient (Wildman–Crippen LogP) is 8.23. The molecular formula is C44H53N6O8P. The normalized spacial score (nSPS) is 17.8. The molecule has 0 radical (unpaired) electrons. The van der Waals surface area contributed by atoms with Gasteiger partial charge in [0.15, 0.2) is 11.1 Å². The number of nitrogens with zero attached hydrogens (tertiary/aromatic N) is 5. The van der Waals surface area contributed by atoms with Crippen LogP contribution >= 0.6 is 8.53 Å². The molecule has 3 aromatic carbocycles. The number of carbonyl (C=O) groups is 1. The molecule has 312 valence electrons. The maximum absolute atomic E-state index is 12.4. The van der Waals surface area contributed by atoms with E-state index >= 15 is 0 Å². The summed E-state index contributed by atoms with van der Waals surface area (Å²) in [5.41, 5.74) is 2.61. The predicted molar refractivity (Wildman–Crippen MR) is 226 cm³/mol. The summed E-state index contributed by atoms with van der Waals surface area (Å²) in [6.07, 6.45) is 4.13. The van der Waals surface area contributed by atoms with Crippen molar-refractivity contribution >= 4 is 25.8 Å². The number of aromatic amines is 1. The summed E-state index contributed by atoms with van der Waals surface area (Å²) in [6, 6.07) is 26.1. The van der Waals surface area contributed by atoms with Crippen LogP contribution in [0.2, 0.25) is 0 Å². The number of aromatic nitrogens is 4. The molecule has 1 aliphatic heterocycles. The highest BCUT2D eigenvalue weighted by Crippen LogP contribution is 2.51. The van der Waals surface area contributed by atoms with E-state index in [4.69, 9.17) is 32.7 Å². The van der Waals surface area contributed by atoms with E-state index in [0.29, 0.717) is 24.2 Å². The van der Waals surface area contributed by atoms with Crippen molar-refractivity contribution in [1.82, 2.24) is 24.2 Å². The molecule has 1 aliphatic rings. The Kier molecular flexibility index (Phi) is 14.8. The first-order chi connectivity index (χ1) is 28.6. The lowest BCUT2D eigenvalue weighted by molar-refractivity contribution is -0.0913. The van der Waals surface area contributed by atoms with E-state index in [-0.39, 0.29) is 30.8 Å². The van der Waals surface area contributed by atoms with Gasteiger partial charge in [-0.2, -0.15) is 4.99 Å². The summed E-state index contributed by atoms with van der Waals surface area (Å²) < 4.78 is 48.0. The van der Waals surface area contributed by atoms with E-state index in [9.17, 15) is 4.79 Å². The zero-order valence-corrected chi connectivity index (χ0v) is 35.3. The molecule has 2 aromatic heterocycles. The zero-order valence-electron chi connectivity index (χ0n) is 34.4. The van der Waals surface area contributed by atoms with Gasteiger partial charge in [-0.05, 0) is 68.7 Å². The number of benzene rings is 3. The Morgan fingerprint density at radius 2 is 1.54 bits per heavy atom. The molecule has 1 saturated heterocycles. The standard InChI is InChI=1S/C44H53N6O8P/c1-9-24-54-43(51)48-41-40-42(46-28-45-40)49(29-47-41)39-26-37(58-59(56-25-10-2)50(30(3)4)31(5)6)38(57-39)27-55-44(32-14-12-11-13-15-32,33-16-20-35(52-7)21-17-33)34-18-22-36(53-8)23-19-34/h9-23,28-31,37-39H,1-2,24-27H2,3-8H3,(H,45,46)/b48-41-/t37-,38+,39+,59?/m0/s1. The second kappa shape index (κ2) is 20.2. The summed E-state index contributed by atoms with van der Waals surface area (Å²) in [5, 5.41) is 0. The molecule has 6 rings (SSSR count). The maximum Gasteiger partial charge on any atom is 0.436 e. The number of nitrogens with one attached hydrogen (secondary N) is 1. The number of carbonyl (C=O) groups excluding carboxylic acids is 1. The molecule has 1 amide bonds. The number of hydrogen-bond donors (Lipinski definition) is 1. The van der Waals surface area contributed by atoms with Gasteiger partial charge in [-0.1, -0.05) is 73.3 Å². The van der Waals surface area contributed by atoms with Crippen molar-refractivity contribution < 1.29 is 37.5 Å². The average molecular weight is 825 g/mol. The van der Waals surface area contributed by atoms with Gasteiger partial charge in [0.2, 0.25) is 0 Å². The monoisotopic (exact) mass is 824 g/mol. The first-order valence-corrected chi connectivity index (χ1v) is 20.6. The Morgan fingerprint density at radius 3 is 2.12 bits per heavy atom. The van der Waals surface area contributed by atoms with Crippen LogP contribution in [0.25, 0.3) is 11.2 Å². The molecule has 0 bridgehead atoms. The molecule has 0 aliphatic carbocycles. The van der Waals surface area contributed by atoms with Crippen molar-refractivity contribution in [3.63, 3.8) is 0 Å². The Bertz CT molecular complexity index is 2160. The third-order valence-electron chi connectivity index (χ3n) is 9.82. The largest absolute Gasteiger partial charge is 0.497 e. The second-order valence-electron chi connectivity index (χ2n) is 14.3. The van der Waals surface area contributed by atoms with Crippen molar-refractivity contribution in [2.24, 2.45) is 4.99 Å². The molecule has 1 fully saturated rings. The molecule has 1 N–H and O–H groups in total. The minimum absolute atomic E-state index is 0.0225. The first kappa shape index (κ1) is 43.4. The van der Waals surface area contributed by atoms with Crippen molar-refractivity contribution in [3.05, 3.63) is 139 Å². The highest BCUT2D eigenvalue weighted by Gasteiger charge is 2.45. The van der Waals surface area contributed by atoms with E-state index in [1.807, 2.05) is 71.3 Å². The van der Waals surface area contributed by atoms with E-state index in [1.54, 1.807) is 26.6 Å². The fourth-order valence-corrected chi connectivity index (χ4v) is 8.94. The third kappa shape index (κ3) is 9.82. The van der Waals surface area contributed by atoms with Gasteiger partial charge in [0, 0.05) is 18.5 Å². The third-order valence-corrected chi connectivity index (χ3v) is 11.9. The number of hydrogen-bond acceptors (Lipinski definition) is 11. The molecule has 1 unspecified atom stereocenters. The average Bonchev–Trinajstić information content (AvgIpc) is 3.91. The summed E-state index contributed by atoms with van der Waals surface area (Å²) in [5.74, 6) is 1.44. The van der Waals surface area contributed by atoms with Gasteiger partial charge in [-0.3, -0.25) is 4.57 Å². The summed E-state index contributed by atoms with van der Waals surface area (Å²) >= 11 is 0. The van der Waals surface area contributed by atoms with Gasteiger partial charge < -0.3 is 37.7 Å². The van der Waals surface area contributed by atoms with Crippen LogP contribution in [-0.4, -0.2) is 88.6 Å². The topological polar surface area (TPSA) is 144 Å². The van der Waals surface area contributed by atoms with E-state index < -0.39 is 38.7 Å². The Morgan fingerprint density at radius 1 is 0.932 bits per heavy atom. The van der Waals surface area contributed by atoms with Crippen molar-refractivity contribution in [1.29, 1.82) is 0 Å². The molecule has 0 spiro atoms. The van der Waals surface area contributed by atoms with E-state index in [0.717, 1.165) is 28.2 Å². The van der Waals surface area contributed by atoms with Gasteiger partial charge in [0.05, 0.1) is 39.9 Å². The van der Waals surface area contributed by atoms with Crippen LogP contribution in [-0.2, 0) is 28.9 Å². The van der Waals surface area contributed by atoms with Crippen LogP contribution in [0.1, 0.15) is 57.0 Å². The molecule has 15 heteroatoms. The minimum atomic E-state index is -1.58. The maximum atomic E-state index is 12.4. The Balaban J connectivity index is 1.44. The van der Waals surface area contributed by atoms with Crippen LogP contribution in [0.3, 0.4) is 0 Å². The second-order valence-corrected chi connectivity index (χ2v) is 15.7. The summed E-state index contributed by atoms with van der Waals surface area (Å²) in [4.78, 5) is 28.6. The molecular weight excluding hydrogens is 771 g/mol. The number of amides is 1. The van der Waals surface area contributed by atoms with E-state index in [2.05, 4.69) is 77.6 Å². The first-order valence-electron chi connectivity index (χ1n) is 19.5. The minimum Gasteiger partial charge on any atom is -0.497 e. The highest BCUT2D eigenvalue weighted by molar-refractivity contribution is 7.44. The zero-order chi connectivity index (χ0) is 41.9. The van der Waals surface area contributed by atoms with Crippen LogP contribution in [0.4, 0.5) is 4.79 Å². The van der Waals surface area contributed by atoms with Crippen LogP contribution < -0.4 is 15.0 Å². The summed E-state index contributed by atoms with van der Waals surface area (Å²) in [6.45, 7) is 16.4. The SMILES string of the molecule is C=CCOC(=O)/N=c1\ncn([C@H]2C[C@H](OP(OCC=C)N(C(C)C)C(C)C)[C@@H](COC(c3ccccc3)(c3ccc(OC)cc3)c3ccc(OC)cc3)O2)c2nc[nH]c12. The van der Waals surface area contributed by atoms with Gasteiger partial charge in [0.1, 0.15) is 47.9 Å². The lowest BCUT2D eigenvalue weighted by Crippen LogP contribution is -2.39. The molecule has 14 nitrogen and oxygen atoms in total. The van der Waals surface area contributed by atoms with Crippen molar-refractivity contribution in [3.8, 4) is 11.5 Å². The van der Waals surface area contributed by atoms with Crippen molar-refractivity contribution in [2.75, 3.05) is 34.0 Å². The number of H-pyrrole nitrogens is 1. The number of rotatable bonds is 19. The fourth-order valence-electron chi connectivity index (χ4n) is 7.20. The molecule has 0 saturated carbocycles. The molecule has 5 aromatic rings. The van der Waals surface area contributed by atoms with Crippen LogP contribution in [0.5, 0.6) is 11.5 Å². The van der Waals surface area contributed by atoms with Crippen molar-refractivity contribution in [2.45, 2.75) is 70.2 Å². The van der Waals surface area contributed by atoms with Crippen LogP contribution in [0.15, 0.2) is 122 Å². The Labute approximate surface area is 346 Å². The lowest BCUT2D eigenvalue weighted by atomic mass is 9.80.